The van der Waals surface area contributed by atoms with E-state index in [1.54, 1.807) is 4.68 Å². The second-order valence-corrected chi connectivity index (χ2v) is 17.8. The van der Waals surface area contributed by atoms with Gasteiger partial charge in [-0.1, -0.05) is 0 Å². The molecule has 2 aromatic heterocycles. The molecule has 4 bridgehead atoms. The zero-order valence-electron chi connectivity index (χ0n) is 27.4. The third kappa shape index (κ3) is 6.67. The van der Waals surface area contributed by atoms with Crippen molar-refractivity contribution >= 4 is 51.2 Å². The number of hydrogen-bond acceptors (Lipinski definition) is 6. The molecule has 0 spiro atoms. The Kier molecular flexibility index (Phi) is 9.93. The maximum absolute atomic E-state index is 13.1. The number of nitrogens with zero attached hydrogens (tertiary/aromatic N) is 5. The molecule has 11 nitrogen and oxygen atoms in total. The van der Waals surface area contributed by atoms with Crippen LogP contribution in [0.25, 0.3) is 32.9 Å². The van der Waals surface area contributed by atoms with Gasteiger partial charge in [0.25, 0.3) is 0 Å². The van der Waals surface area contributed by atoms with E-state index >= 15 is 0 Å². The third-order valence-electron chi connectivity index (χ3n) is 10.1. The molecule has 13 heteroatoms. The number of fused-ring (bicyclic) bond motifs is 2. The molecule has 2 amide bonds. The topological polar surface area (TPSA) is 120 Å². The SMILES string of the molecule is COC(=O)CNC(=O)CNC(=O)Cn1nc2c3c(cccc31)-c1cc3c(cnn3[N+]3([I-]C4CCCCCCCC4)CCC2CC3)cc1Cl. The number of piperidine rings is 1. The van der Waals surface area contributed by atoms with Gasteiger partial charge < -0.3 is 10.1 Å². The second-order valence-electron chi connectivity index (χ2n) is 13.2. The molecule has 2 fully saturated rings. The molecule has 4 aromatic rings. The number of hydrogen-bond donors (Lipinski definition) is 2. The number of halogens is 2. The van der Waals surface area contributed by atoms with Crippen LogP contribution in [0.3, 0.4) is 0 Å². The van der Waals surface area contributed by atoms with Gasteiger partial charge in [-0.25, -0.2) is 0 Å². The summed E-state index contributed by atoms with van der Waals surface area (Å²) in [5, 5.41) is 18.1. The van der Waals surface area contributed by atoms with Crippen LogP contribution < -0.4 is 34.9 Å². The molecule has 256 valence electrons. The fourth-order valence-corrected chi connectivity index (χ4v) is 12.5. The number of carbonyl (C=O) groups is 3. The van der Waals surface area contributed by atoms with E-state index in [1.807, 2.05) is 18.3 Å². The molecule has 1 saturated heterocycles. The van der Waals surface area contributed by atoms with Crippen LogP contribution in [0.2, 0.25) is 5.02 Å². The molecule has 2 aromatic carbocycles. The Morgan fingerprint density at radius 3 is 2.42 bits per heavy atom. The van der Waals surface area contributed by atoms with Crippen molar-refractivity contribution in [2.75, 3.05) is 33.3 Å². The first-order valence-corrected chi connectivity index (χ1v) is 19.7. The van der Waals surface area contributed by atoms with Crippen LogP contribution in [0.15, 0.2) is 36.5 Å². The number of aromatic nitrogens is 4. The average Bonchev–Trinajstić information content (AvgIpc) is 3.70. The summed E-state index contributed by atoms with van der Waals surface area (Å²) in [4.78, 5) is 39.0. The molecule has 0 atom stereocenters. The van der Waals surface area contributed by atoms with Crippen LogP contribution in [0, 0.1) is 0 Å². The van der Waals surface area contributed by atoms with Gasteiger partial charge in [0.15, 0.2) is 0 Å². The van der Waals surface area contributed by atoms with Gasteiger partial charge >= 0.3 is 264 Å². The van der Waals surface area contributed by atoms with Crippen molar-refractivity contribution in [3.05, 3.63) is 47.2 Å². The van der Waals surface area contributed by atoms with Gasteiger partial charge in [-0.15, -0.1) is 0 Å². The molecule has 5 heterocycles. The molecule has 4 aliphatic rings. The van der Waals surface area contributed by atoms with Gasteiger partial charge in [-0.2, -0.15) is 0 Å². The Morgan fingerprint density at radius 2 is 1.67 bits per heavy atom. The zero-order chi connectivity index (χ0) is 33.3. The van der Waals surface area contributed by atoms with Crippen LogP contribution in [0.5, 0.6) is 0 Å². The molecule has 1 aliphatic carbocycles. The molecule has 0 radical (unpaired) electrons. The zero-order valence-corrected chi connectivity index (χ0v) is 30.3. The van der Waals surface area contributed by atoms with Gasteiger partial charge in [0.2, 0.25) is 0 Å². The summed E-state index contributed by atoms with van der Waals surface area (Å²) in [5.74, 6) is -1.13. The van der Waals surface area contributed by atoms with E-state index in [2.05, 4.69) is 38.4 Å². The molecule has 0 unspecified atom stereocenters. The van der Waals surface area contributed by atoms with Gasteiger partial charge in [0.05, 0.1) is 7.11 Å². The maximum atomic E-state index is 13.1. The molecule has 8 rings (SSSR count). The Morgan fingerprint density at radius 1 is 0.938 bits per heavy atom. The summed E-state index contributed by atoms with van der Waals surface area (Å²) >= 11 is 6.80. The number of rotatable bonds is 8. The number of methoxy groups -OCH3 is 1. The van der Waals surface area contributed by atoms with Gasteiger partial charge in [-0.05, 0) is 0 Å². The number of benzene rings is 2. The summed E-state index contributed by atoms with van der Waals surface area (Å²) in [5.41, 5.74) is 4.96. The molecular formula is C35H43ClIN7O4. The minimum atomic E-state index is -0.555. The van der Waals surface area contributed by atoms with E-state index in [9.17, 15) is 14.4 Å². The van der Waals surface area contributed by atoms with E-state index in [0.29, 0.717) is 5.02 Å². The Labute approximate surface area is 295 Å². The number of ether oxygens (including phenoxy) is 1. The molecule has 2 N–H and O–H groups in total. The van der Waals surface area contributed by atoms with Gasteiger partial charge in [-0.3, -0.25) is 9.59 Å². The minimum absolute atomic E-state index is 0.0380. The summed E-state index contributed by atoms with van der Waals surface area (Å²) in [6.07, 6.45) is 14.8. The summed E-state index contributed by atoms with van der Waals surface area (Å²) < 4.78 is 8.03. The summed E-state index contributed by atoms with van der Waals surface area (Å²) in [7, 11) is 1.25. The predicted octanol–water partition coefficient (Wildman–Crippen LogP) is 1.95. The molecule has 48 heavy (non-hydrogen) atoms. The van der Waals surface area contributed by atoms with Crippen molar-refractivity contribution < 1.29 is 40.6 Å². The number of alkyl halides is 1. The van der Waals surface area contributed by atoms with Gasteiger partial charge in [0.1, 0.15) is 6.54 Å². The fourth-order valence-electron chi connectivity index (χ4n) is 7.59. The van der Waals surface area contributed by atoms with Crippen LogP contribution in [-0.4, -0.2) is 74.7 Å². The first-order chi connectivity index (χ1) is 23.3. The Balaban J connectivity index is 1.23. The standard InChI is InChI=1S/C35H43ClIN7O4/c1-48-33(47)21-39-31(45)20-38-32(46)22-42-29-12-8-11-26-27-18-30-24(17-28(27)36)19-40-43(30)44(37-25-9-6-4-2-3-5-7-10-25)15-13-23(14-16-44)35(41-42)34(26)29/h8,11-12,17-19,23,25H,2-7,9-10,13-16,20-22H2,1H3,(H,38,46)(H,39,45). The van der Waals surface area contributed by atoms with E-state index in [4.69, 9.17) is 21.8 Å². The Bertz CT molecular complexity index is 1840. The van der Waals surface area contributed by atoms with E-state index in [-0.39, 0.29) is 52.9 Å². The fraction of sp³-hybridized carbons (Fsp3) is 0.514. The summed E-state index contributed by atoms with van der Waals surface area (Å²) in [6.45, 7) is 1.49. The van der Waals surface area contributed by atoms with Crippen molar-refractivity contribution in [1.82, 2.24) is 33.1 Å². The predicted molar refractivity (Wildman–Crippen MR) is 181 cm³/mol. The van der Waals surface area contributed by atoms with E-state index < -0.39 is 11.9 Å². The number of carbonyl (C=O) groups excluding carboxylic acids is 3. The molecule has 3 aliphatic heterocycles. The summed E-state index contributed by atoms with van der Waals surface area (Å²) in [6, 6.07) is 10.4. The van der Waals surface area contributed by atoms with Gasteiger partial charge in [0, 0.05) is 0 Å². The van der Waals surface area contributed by atoms with Crippen molar-refractivity contribution in [1.29, 1.82) is 0 Å². The van der Waals surface area contributed by atoms with Crippen LogP contribution in [0.1, 0.15) is 75.8 Å². The number of nitrogens with one attached hydrogen (secondary N) is 2. The quantitative estimate of drug-likeness (QED) is 0.122. The average molecular weight is 788 g/mol. The van der Waals surface area contributed by atoms with Crippen LogP contribution in [-0.2, 0) is 25.7 Å². The van der Waals surface area contributed by atoms with Crippen molar-refractivity contribution in [3.8, 4) is 11.1 Å². The molecule has 1 saturated carbocycles. The number of quaternary nitrogens is 1. The van der Waals surface area contributed by atoms with E-state index in [1.165, 1.54) is 58.5 Å². The van der Waals surface area contributed by atoms with Crippen molar-refractivity contribution in [3.63, 3.8) is 0 Å². The van der Waals surface area contributed by atoms with Crippen molar-refractivity contribution in [2.24, 2.45) is 0 Å². The monoisotopic (exact) mass is 787 g/mol. The number of amides is 2. The number of esters is 1. The normalized spacial score (nSPS) is 21.4. The van der Waals surface area contributed by atoms with Crippen molar-refractivity contribution in [2.45, 2.75) is 80.6 Å². The first-order valence-electron chi connectivity index (χ1n) is 17.2. The Hall–Kier alpha value is -3.23. The van der Waals surface area contributed by atoms with Crippen LogP contribution in [0.4, 0.5) is 0 Å². The third-order valence-corrected chi connectivity index (χ3v) is 14.9. The molecular weight excluding hydrogens is 745 g/mol. The second kappa shape index (κ2) is 14.3. The van der Waals surface area contributed by atoms with E-state index in [0.717, 1.165) is 71.3 Å². The first kappa shape index (κ1) is 33.3. The van der Waals surface area contributed by atoms with Crippen LogP contribution >= 0.6 is 11.6 Å².